The molecule has 2 heterocycles. The summed E-state index contributed by atoms with van der Waals surface area (Å²) in [4.78, 5) is 13.5. The van der Waals surface area contributed by atoms with Crippen LogP contribution in [-0.4, -0.2) is 22.1 Å². The van der Waals surface area contributed by atoms with Gasteiger partial charge >= 0.3 is 0 Å². The second kappa shape index (κ2) is 6.28. The summed E-state index contributed by atoms with van der Waals surface area (Å²) in [5.41, 5.74) is 2.81. The Hall–Kier alpha value is -3.34. The van der Waals surface area contributed by atoms with Crippen molar-refractivity contribution in [2.24, 2.45) is 0 Å². The van der Waals surface area contributed by atoms with Gasteiger partial charge in [-0.1, -0.05) is 24.3 Å². The van der Waals surface area contributed by atoms with E-state index < -0.39 is 5.82 Å². The Morgan fingerprint density at radius 3 is 2.56 bits per heavy atom. The minimum atomic E-state index is -0.422. The first-order chi connectivity index (χ1) is 12.2. The van der Waals surface area contributed by atoms with E-state index in [1.165, 1.54) is 13.2 Å². The fourth-order valence-corrected chi connectivity index (χ4v) is 2.64. The van der Waals surface area contributed by atoms with Crippen molar-refractivity contribution in [3.8, 4) is 28.5 Å². The first-order valence-electron chi connectivity index (χ1n) is 7.78. The van der Waals surface area contributed by atoms with E-state index in [1.54, 1.807) is 18.3 Å². The van der Waals surface area contributed by atoms with Crippen molar-refractivity contribution in [3.63, 3.8) is 0 Å². The van der Waals surface area contributed by atoms with Crippen LogP contribution in [0.4, 0.5) is 4.39 Å². The number of fused-ring (bicyclic) bond motifs is 1. The third-order valence-corrected chi connectivity index (χ3v) is 3.91. The lowest BCUT2D eigenvalue weighted by atomic mass is 10.1. The molecule has 0 aliphatic rings. The number of aromatic nitrogens is 3. The quantitative estimate of drug-likeness (QED) is 0.554. The zero-order valence-corrected chi connectivity index (χ0v) is 13.5. The molecule has 0 fully saturated rings. The number of benzene rings is 2. The number of para-hydroxylation sites is 1. The van der Waals surface area contributed by atoms with Crippen LogP contribution >= 0.6 is 0 Å². The second-order valence-corrected chi connectivity index (χ2v) is 5.51. The van der Waals surface area contributed by atoms with Crippen LogP contribution in [-0.2, 0) is 0 Å². The van der Waals surface area contributed by atoms with Crippen molar-refractivity contribution in [2.75, 3.05) is 7.11 Å². The van der Waals surface area contributed by atoms with Gasteiger partial charge in [-0.05, 0) is 36.4 Å². The summed E-state index contributed by atoms with van der Waals surface area (Å²) in [5.74, 6) is 0.321. The summed E-state index contributed by atoms with van der Waals surface area (Å²) in [7, 11) is 1.44. The third kappa shape index (κ3) is 2.92. The molecule has 122 valence electrons. The minimum absolute atomic E-state index is 0.206. The molecule has 5 heteroatoms. The van der Waals surface area contributed by atoms with Crippen molar-refractivity contribution in [2.45, 2.75) is 0 Å². The highest BCUT2D eigenvalue weighted by Crippen LogP contribution is 2.26. The topological polar surface area (TPSA) is 47.9 Å². The molecule has 25 heavy (non-hydrogen) atoms. The van der Waals surface area contributed by atoms with Gasteiger partial charge in [-0.3, -0.25) is 0 Å². The number of methoxy groups -OCH3 is 1. The van der Waals surface area contributed by atoms with Gasteiger partial charge in [0.1, 0.15) is 5.69 Å². The summed E-state index contributed by atoms with van der Waals surface area (Å²) in [6, 6.07) is 18.1. The molecule has 2 aromatic heterocycles. The number of pyridine rings is 1. The van der Waals surface area contributed by atoms with E-state index in [4.69, 9.17) is 4.74 Å². The lowest BCUT2D eigenvalue weighted by Gasteiger charge is -2.07. The average molecular weight is 331 g/mol. The van der Waals surface area contributed by atoms with E-state index in [2.05, 4.69) is 15.0 Å². The van der Waals surface area contributed by atoms with Gasteiger partial charge in [-0.25, -0.2) is 19.3 Å². The minimum Gasteiger partial charge on any atom is -0.494 e. The van der Waals surface area contributed by atoms with Crippen LogP contribution in [0.2, 0.25) is 0 Å². The number of halogens is 1. The van der Waals surface area contributed by atoms with Gasteiger partial charge in [-0.15, -0.1) is 0 Å². The standard InChI is InChI=1S/C20H14FN3O/c1-25-19-10-9-13(11-15(19)21)16-7-4-8-18(23-16)20-22-12-14-5-2-3-6-17(14)24-20/h2-12H,1H3. The number of hydrogen-bond donors (Lipinski definition) is 0. The van der Waals surface area contributed by atoms with Gasteiger partial charge in [-0.2, -0.15) is 0 Å². The maximum absolute atomic E-state index is 14.0. The fraction of sp³-hybridized carbons (Fsp3) is 0.0500. The largest absolute Gasteiger partial charge is 0.494 e. The van der Waals surface area contributed by atoms with E-state index >= 15 is 0 Å². The highest BCUT2D eigenvalue weighted by Gasteiger charge is 2.09. The van der Waals surface area contributed by atoms with E-state index in [-0.39, 0.29) is 5.75 Å². The lowest BCUT2D eigenvalue weighted by molar-refractivity contribution is 0.386. The summed E-state index contributed by atoms with van der Waals surface area (Å²) < 4.78 is 18.9. The summed E-state index contributed by atoms with van der Waals surface area (Å²) in [6.45, 7) is 0. The zero-order valence-electron chi connectivity index (χ0n) is 13.5. The van der Waals surface area contributed by atoms with Gasteiger partial charge < -0.3 is 4.74 Å². The maximum atomic E-state index is 14.0. The van der Waals surface area contributed by atoms with Crippen LogP contribution in [0.3, 0.4) is 0 Å². The van der Waals surface area contributed by atoms with Crippen LogP contribution < -0.4 is 4.74 Å². The number of hydrogen-bond acceptors (Lipinski definition) is 4. The second-order valence-electron chi connectivity index (χ2n) is 5.51. The van der Waals surface area contributed by atoms with Crippen LogP contribution in [0, 0.1) is 5.82 Å². The lowest BCUT2D eigenvalue weighted by Crippen LogP contribution is -1.94. The molecule has 0 bridgehead atoms. The molecule has 0 atom stereocenters. The number of rotatable bonds is 3. The fourth-order valence-electron chi connectivity index (χ4n) is 2.64. The zero-order chi connectivity index (χ0) is 17.2. The Morgan fingerprint density at radius 2 is 1.72 bits per heavy atom. The molecule has 0 aliphatic carbocycles. The molecular formula is C20H14FN3O. The highest BCUT2D eigenvalue weighted by atomic mass is 19.1. The maximum Gasteiger partial charge on any atom is 0.178 e. The molecule has 0 N–H and O–H groups in total. The monoisotopic (exact) mass is 331 g/mol. The Morgan fingerprint density at radius 1 is 0.880 bits per heavy atom. The van der Waals surface area contributed by atoms with Crippen molar-refractivity contribution in [3.05, 3.63) is 72.7 Å². The third-order valence-electron chi connectivity index (χ3n) is 3.91. The Labute approximate surface area is 144 Å². The SMILES string of the molecule is COc1ccc(-c2cccc(-c3ncc4ccccc4n3)n2)cc1F. The smallest absolute Gasteiger partial charge is 0.178 e. The Kier molecular flexibility index (Phi) is 3.82. The van der Waals surface area contributed by atoms with Crippen molar-refractivity contribution in [1.82, 2.24) is 15.0 Å². The van der Waals surface area contributed by atoms with E-state index in [0.29, 0.717) is 22.8 Å². The van der Waals surface area contributed by atoms with Gasteiger partial charge in [0, 0.05) is 17.1 Å². The molecule has 0 unspecified atom stereocenters. The van der Waals surface area contributed by atoms with Crippen molar-refractivity contribution < 1.29 is 9.13 Å². The van der Waals surface area contributed by atoms with Crippen LogP contribution in [0.15, 0.2) is 66.9 Å². The summed E-state index contributed by atoms with van der Waals surface area (Å²) in [5, 5.41) is 0.972. The molecule has 0 saturated heterocycles. The predicted octanol–water partition coefficient (Wildman–Crippen LogP) is 4.51. The molecule has 0 saturated carbocycles. The molecule has 0 amide bonds. The molecular weight excluding hydrogens is 317 g/mol. The molecule has 4 nitrogen and oxygen atoms in total. The first-order valence-corrected chi connectivity index (χ1v) is 7.78. The van der Waals surface area contributed by atoms with Gasteiger partial charge in [0.05, 0.1) is 18.3 Å². The van der Waals surface area contributed by atoms with Crippen molar-refractivity contribution >= 4 is 10.9 Å². The number of ether oxygens (including phenoxy) is 1. The van der Waals surface area contributed by atoms with Gasteiger partial charge in [0.25, 0.3) is 0 Å². The molecule has 0 aliphatic heterocycles. The molecule has 4 aromatic rings. The predicted molar refractivity (Wildman–Crippen MR) is 94.7 cm³/mol. The van der Waals surface area contributed by atoms with E-state index in [0.717, 1.165) is 10.9 Å². The van der Waals surface area contributed by atoms with Crippen LogP contribution in [0.5, 0.6) is 5.75 Å². The summed E-state index contributed by atoms with van der Waals surface area (Å²) in [6.07, 6.45) is 1.78. The van der Waals surface area contributed by atoms with Gasteiger partial charge in [0.15, 0.2) is 17.4 Å². The van der Waals surface area contributed by atoms with E-state index in [9.17, 15) is 4.39 Å². The van der Waals surface area contributed by atoms with E-state index in [1.807, 2.05) is 42.5 Å². The molecule has 0 radical (unpaired) electrons. The first kappa shape index (κ1) is 15.2. The molecule has 0 spiro atoms. The van der Waals surface area contributed by atoms with Crippen LogP contribution in [0.25, 0.3) is 33.7 Å². The number of nitrogens with zero attached hydrogens (tertiary/aromatic N) is 3. The average Bonchev–Trinajstić information content (AvgIpc) is 2.67. The van der Waals surface area contributed by atoms with Crippen LogP contribution in [0.1, 0.15) is 0 Å². The molecule has 4 rings (SSSR count). The Bertz CT molecular complexity index is 1070. The molecule has 2 aromatic carbocycles. The Balaban J connectivity index is 1.77. The highest BCUT2D eigenvalue weighted by molar-refractivity contribution is 5.79. The normalized spacial score (nSPS) is 10.8. The summed E-state index contributed by atoms with van der Waals surface area (Å²) >= 11 is 0. The van der Waals surface area contributed by atoms with Gasteiger partial charge in [0.2, 0.25) is 0 Å². The van der Waals surface area contributed by atoms with Crippen molar-refractivity contribution in [1.29, 1.82) is 0 Å².